The summed E-state index contributed by atoms with van der Waals surface area (Å²) in [6.45, 7) is 2.74. The Hall–Kier alpha value is -1.55. The largest absolute Gasteiger partial charge is 0.497 e. The molecular formula is C15H21NO3. The molecule has 0 amide bonds. The van der Waals surface area contributed by atoms with E-state index >= 15 is 0 Å². The second-order valence-corrected chi connectivity index (χ2v) is 5.07. The van der Waals surface area contributed by atoms with Crippen LogP contribution >= 0.6 is 0 Å². The second-order valence-electron chi connectivity index (χ2n) is 5.07. The van der Waals surface area contributed by atoms with Crippen LogP contribution in [0.2, 0.25) is 0 Å². The van der Waals surface area contributed by atoms with Crippen LogP contribution in [-0.2, 0) is 4.79 Å². The molecule has 0 aliphatic heterocycles. The van der Waals surface area contributed by atoms with E-state index in [-0.39, 0.29) is 12.5 Å². The summed E-state index contributed by atoms with van der Waals surface area (Å²) < 4.78 is 5.25. The number of hydrogen-bond donors (Lipinski definition) is 1. The SMILES string of the molecule is COc1cccc(C(C)N(CCC(=O)O)C2CC2)c1. The number of rotatable bonds is 7. The van der Waals surface area contributed by atoms with E-state index in [1.165, 1.54) is 18.4 Å². The minimum Gasteiger partial charge on any atom is -0.497 e. The van der Waals surface area contributed by atoms with Crippen molar-refractivity contribution in [3.05, 3.63) is 29.8 Å². The van der Waals surface area contributed by atoms with E-state index in [1.807, 2.05) is 18.2 Å². The van der Waals surface area contributed by atoms with Crippen LogP contribution in [0, 0.1) is 0 Å². The van der Waals surface area contributed by atoms with Gasteiger partial charge in [-0.3, -0.25) is 9.69 Å². The molecule has 1 aromatic carbocycles. The first-order valence-corrected chi connectivity index (χ1v) is 6.73. The summed E-state index contributed by atoms with van der Waals surface area (Å²) in [7, 11) is 1.66. The number of hydrogen-bond acceptors (Lipinski definition) is 3. The van der Waals surface area contributed by atoms with Crippen molar-refractivity contribution in [2.24, 2.45) is 0 Å². The van der Waals surface area contributed by atoms with Crippen molar-refractivity contribution in [1.82, 2.24) is 4.90 Å². The van der Waals surface area contributed by atoms with Gasteiger partial charge in [0.1, 0.15) is 5.75 Å². The number of aliphatic carboxylic acids is 1. The van der Waals surface area contributed by atoms with Crippen molar-refractivity contribution in [1.29, 1.82) is 0 Å². The average molecular weight is 263 g/mol. The Kier molecular flexibility index (Phi) is 4.43. The third-order valence-corrected chi connectivity index (χ3v) is 3.67. The Morgan fingerprint density at radius 2 is 2.26 bits per heavy atom. The number of carboxylic acids is 1. The highest BCUT2D eigenvalue weighted by atomic mass is 16.5. The van der Waals surface area contributed by atoms with E-state index in [0.717, 1.165) is 5.75 Å². The van der Waals surface area contributed by atoms with Crippen LogP contribution in [0.5, 0.6) is 5.75 Å². The molecule has 4 nitrogen and oxygen atoms in total. The third-order valence-electron chi connectivity index (χ3n) is 3.67. The lowest BCUT2D eigenvalue weighted by Gasteiger charge is -2.29. The third kappa shape index (κ3) is 3.70. The fourth-order valence-corrected chi connectivity index (χ4v) is 2.42. The van der Waals surface area contributed by atoms with Gasteiger partial charge in [-0.15, -0.1) is 0 Å². The smallest absolute Gasteiger partial charge is 0.304 e. The number of carbonyl (C=O) groups is 1. The highest BCUT2D eigenvalue weighted by molar-refractivity contribution is 5.66. The first-order chi connectivity index (χ1) is 9.11. The summed E-state index contributed by atoms with van der Waals surface area (Å²) >= 11 is 0. The van der Waals surface area contributed by atoms with E-state index < -0.39 is 5.97 Å². The monoisotopic (exact) mass is 263 g/mol. The molecule has 1 N–H and O–H groups in total. The number of ether oxygens (including phenoxy) is 1. The molecule has 0 radical (unpaired) electrons. The van der Waals surface area contributed by atoms with Gasteiger partial charge >= 0.3 is 5.97 Å². The molecule has 1 aromatic rings. The summed E-state index contributed by atoms with van der Waals surface area (Å²) in [5.41, 5.74) is 1.18. The second kappa shape index (κ2) is 6.06. The molecule has 0 bridgehead atoms. The molecule has 0 aromatic heterocycles. The lowest BCUT2D eigenvalue weighted by atomic mass is 10.1. The van der Waals surface area contributed by atoms with Crippen LogP contribution in [0.1, 0.15) is 37.8 Å². The van der Waals surface area contributed by atoms with Crippen molar-refractivity contribution in [2.45, 2.75) is 38.3 Å². The minimum absolute atomic E-state index is 0.199. The molecule has 19 heavy (non-hydrogen) atoms. The first kappa shape index (κ1) is 13.9. The molecule has 1 aliphatic rings. The van der Waals surface area contributed by atoms with Crippen LogP contribution < -0.4 is 4.74 Å². The Balaban J connectivity index is 2.09. The van der Waals surface area contributed by atoms with Crippen molar-refractivity contribution in [3.8, 4) is 5.75 Å². The van der Waals surface area contributed by atoms with Crippen LogP contribution in [0.15, 0.2) is 24.3 Å². The van der Waals surface area contributed by atoms with E-state index in [2.05, 4.69) is 17.9 Å². The topological polar surface area (TPSA) is 49.8 Å². The summed E-state index contributed by atoms with van der Waals surface area (Å²) in [5, 5.41) is 8.85. The molecule has 0 heterocycles. The summed E-state index contributed by atoms with van der Waals surface area (Å²) in [6, 6.07) is 8.77. The van der Waals surface area contributed by atoms with Gasteiger partial charge in [0.15, 0.2) is 0 Å². The Labute approximate surface area is 114 Å². The Morgan fingerprint density at radius 3 is 2.84 bits per heavy atom. The van der Waals surface area contributed by atoms with Gasteiger partial charge in [0.05, 0.1) is 13.5 Å². The van der Waals surface area contributed by atoms with Crippen LogP contribution in [0.3, 0.4) is 0 Å². The molecule has 1 atom stereocenters. The van der Waals surface area contributed by atoms with Crippen molar-refractivity contribution in [3.63, 3.8) is 0 Å². The van der Waals surface area contributed by atoms with E-state index in [4.69, 9.17) is 9.84 Å². The van der Waals surface area contributed by atoms with Crippen molar-refractivity contribution < 1.29 is 14.6 Å². The lowest BCUT2D eigenvalue weighted by Crippen LogP contribution is -2.31. The van der Waals surface area contributed by atoms with Crippen LogP contribution in [-0.4, -0.2) is 35.7 Å². The van der Waals surface area contributed by atoms with Gasteiger partial charge in [0, 0.05) is 18.6 Å². The maximum atomic E-state index is 10.8. The molecule has 1 saturated carbocycles. The summed E-state index contributed by atoms with van der Waals surface area (Å²) in [5.74, 6) is 0.113. The zero-order valence-electron chi connectivity index (χ0n) is 11.5. The van der Waals surface area contributed by atoms with Gasteiger partial charge in [0.2, 0.25) is 0 Å². The molecular weight excluding hydrogens is 242 g/mol. The Morgan fingerprint density at radius 1 is 1.53 bits per heavy atom. The number of benzene rings is 1. The highest BCUT2D eigenvalue weighted by Crippen LogP contribution is 2.35. The van der Waals surface area contributed by atoms with Gasteiger partial charge in [-0.25, -0.2) is 0 Å². The predicted octanol–water partition coefficient (Wildman–Crippen LogP) is 2.70. The van der Waals surface area contributed by atoms with Gasteiger partial charge < -0.3 is 9.84 Å². The number of carboxylic acid groups (broad SMARTS) is 1. The molecule has 2 rings (SSSR count). The van der Waals surface area contributed by atoms with Gasteiger partial charge in [-0.1, -0.05) is 12.1 Å². The normalized spacial score (nSPS) is 16.4. The Bertz CT molecular complexity index is 443. The molecule has 104 valence electrons. The molecule has 1 fully saturated rings. The van der Waals surface area contributed by atoms with Crippen molar-refractivity contribution >= 4 is 5.97 Å². The van der Waals surface area contributed by atoms with E-state index in [0.29, 0.717) is 12.6 Å². The molecule has 4 heteroatoms. The average Bonchev–Trinajstić information content (AvgIpc) is 3.23. The summed E-state index contributed by atoms with van der Waals surface area (Å²) in [6.07, 6.45) is 2.55. The maximum absolute atomic E-state index is 10.8. The van der Waals surface area contributed by atoms with E-state index in [1.54, 1.807) is 7.11 Å². The lowest BCUT2D eigenvalue weighted by molar-refractivity contribution is -0.137. The van der Waals surface area contributed by atoms with Gasteiger partial charge in [-0.05, 0) is 37.5 Å². The zero-order chi connectivity index (χ0) is 13.8. The number of methoxy groups -OCH3 is 1. The van der Waals surface area contributed by atoms with Crippen LogP contribution in [0.4, 0.5) is 0 Å². The zero-order valence-corrected chi connectivity index (χ0v) is 11.5. The van der Waals surface area contributed by atoms with Gasteiger partial charge in [-0.2, -0.15) is 0 Å². The highest BCUT2D eigenvalue weighted by Gasteiger charge is 2.32. The molecule has 1 aliphatic carbocycles. The van der Waals surface area contributed by atoms with Gasteiger partial charge in [0.25, 0.3) is 0 Å². The molecule has 0 saturated heterocycles. The number of nitrogens with zero attached hydrogens (tertiary/aromatic N) is 1. The van der Waals surface area contributed by atoms with E-state index in [9.17, 15) is 4.79 Å². The maximum Gasteiger partial charge on any atom is 0.304 e. The quantitative estimate of drug-likeness (QED) is 0.821. The standard InChI is InChI=1S/C15H21NO3/c1-11(12-4-3-5-14(10-12)19-2)16(13-6-7-13)9-8-15(17)18/h3-5,10-11,13H,6-9H2,1-2H3,(H,17,18). The van der Waals surface area contributed by atoms with Crippen molar-refractivity contribution in [2.75, 3.05) is 13.7 Å². The minimum atomic E-state index is -0.733. The molecule has 1 unspecified atom stereocenters. The molecule has 0 spiro atoms. The van der Waals surface area contributed by atoms with Crippen LogP contribution in [0.25, 0.3) is 0 Å². The predicted molar refractivity (Wildman–Crippen MR) is 73.4 cm³/mol. The first-order valence-electron chi connectivity index (χ1n) is 6.73. The fraction of sp³-hybridized carbons (Fsp3) is 0.533. The fourth-order valence-electron chi connectivity index (χ4n) is 2.42. The summed E-state index contributed by atoms with van der Waals surface area (Å²) in [4.78, 5) is 13.1.